The van der Waals surface area contributed by atoms with Crippen LogP contribution in [-0.4, -0.2) is 32.1 Å². The van der Waals surface area contributed by atoms with Gasteiger partial charge in [0, 0.05) is 24.5 Å². The van der Waals surface area contributed by atoms with Crippen molar-refractivity contribution in [3.63, 3.8) is 0 Å². The molecule has 0 aromatic carbocycles. The molecular formula is C9H16N2S. The Morgan fingerprint density at radius 3 is 2.92 bits per heavy atom. The molecule has 0 aliphatic rings. The fraction of sp³-hybridized carbons (Fsp3) is 0.556. The quantitative estimate of drug-likeness (QED) is 0.696. The molecule has 1 heterocycles. The molecule has 1 aromatic heterocycles. The molecule has 2 nitrogen and oxygen atoms in total. The second-order valence-electron chi connectivity index (χ2n) is 3.06. The molecule has 3 heteroatoms. The number of nitrogens with one attached hydrogen (secondary N) is 1. The molecule has 0 amide bonds. The summed E-state index contributed by atoms with van der Waals surface area (Å²) < 4.78 is 0. The lowest BCUT2D eigenvalue weighted by molar-refractivity contribution is 0.400. The van der Waals surface area contributed by atoms with E-state index in [-0.39, 0.29) is 0 Å². The third-order valence-corrected chi connectivity index (χ3v) is 2.49. The van der Waals surface area contributed by atoms with Gasteiger partial charge in [0.1, 0.15) is 0 Å². The van der Waals surface area contributed by atoms with Gasteiger partial charge in [-0.05, 0) is 25.5 Å². The minimum absolute atomic E-state index is 1.01. The zero-order chi connectivity index (χ0) is 8.81. The van der Waals surface area contributed by atoms with E-state index in [9.17, 15) is 0 Å². The third kappa shape index (κ3) is 3.85. The van der Waals surface area contributed by atoms with Crippen LogP contribution < -0.4 is 5.32 Å². The summed E-state index contributed by atoms with van der Waals surface area (Å²) in [5, 5.41) is 5.50. The van der Waals surface area contributed by atoms with Gasteiger partial charge in [-0.15, -0.1) is 11.3 Å². The van der Waals surface area contributed by atoms with Gasteiger partial charge in [0.25, 0.3) is 0 Å². The molecule has 0 unspecified atom stereocenters. The molecule has 0 aliphatic heterocycles. The van der Waals surface area contributed by atoms with Gasteiger partial charge in [-0.3, -0.25) is 0 Å². The predicted molar refractivity (Wildman–Crippen MR) is 54.6 cm³/mol. The molecule has 0 spiro atoms. The van der Waals surface area contributed by atoms with E-state index in [1.807, 2.05) is 0 Å². The summed E-state index contributed by atoms with van der Waals surface area (Å²) in [4.78, 5) is 3.59. The number of thiophene rings is 1. The van der Waals surface area contributed by atoms with E-state index < -0.39 is 0 Å². The van der Waals surface area contributed by atoms with Crippen LogP contribution in [0.1, 0.15) is 4.88 Å². The smallest absolute Gasteiger partial charge is 0.0300 e. The van der Waals surface area contributed by atoms with Crippen LogP contribution in [0.4, 0.5) is 0 Å². The Bertz CT molecular complexity index is 194. The van der Waals surface area contributed by atoms with E-state index in [2.05, 4.69) is 41.8 Å². The molecule has 68 valence electrons. The topological polar surface area (TPSA) is 15.3 Å². The Kier molecular flexibility index (Phi) is 4.29. The van der Waals surface area contributed by atoms with Crippen molar-refractivity contribution in [2.75, 3.05) is 27.2 Å². The van der Waals surface area contributed by atoms with Gasteiger partial charge >= 0.3 is 0 Å². The molecule has 0 fully saturated rings. The summed E-state index contributed by atoms with van der Waals surface area (Å²) in [7, 11) is 4.18. The van der Waals surface area contributed by atoms with Crippen LogP contribution in [0.25, 0.3) is 0 Å². The summed E-state index contributed by atoms with van der Waals surface area (Å²) in [6, 6.07) is 4.25. The molecule has 1 N–H and O–H groups in total. The number of hydrogen-bond donors (Lipinski definition) is 1. The van der Waals surface area contributed by atoms with Crippen LogP contribution in [0.15, 0.2) is 17.5 Å². The fourth-order valence-electron chi connectivity index (χ4n) is 0.927. The predicted octanol–water partition coefficient (Wildman–Crippen LogP) is 1.40. The van der Waals surface area contributed by atoms with Crippen molar-refractivity contribution in [3.05, 3.63) is 22.4 Å². The maximum Gasteiger partial charge on any atom is 0.0300 e. The summed E-state index contributed by atoms with van der Waals surface area (Å²) in [5.41, 5.74) is 0. The van der Waals surface area contributed by atoms with E-state index in [1.54, 1.807) is 11.3 Å². The normalized spacial score (nSPS) is 10.9. The van der Waals surface area contributed by atoms with Gasteiger partial charge in [-0.25, -0.2) is 0 Å². The summed E-state index contributed by atoms with van der Waals surface area (Å²) in [6.07, 6.45) is 0. The minimum atomic E-state index is 1.01. The molecule has 1 aromatic rings. The fourth-order valence-corrected chi connectivity index (χ4v) is 1.60. The molecule has 0 bridgehead atoms. The largest absolute Gasteiger partial charge is 0.311 e. The summed E-state index contributed by atoms with van der Waals surface area (Å²) >= 11 is 1.81. The van der Waals surface area contributed by atoms with E-state index >= 15 is 0 Å². The van der Waals surface area contributed by atoms with Gasteiger partial charge in [0.05, 0.1) is 0 Å². The number of rotatable bonds is 5. The maximum absolute atomic E-state index is 3.39. The van der Waals surface area contributed by atoms with Gasteiger partial charge in [0.2, 0.25) is 0 Å². The van der Waals surface area contributed by atoms with E-state index in [0.717, 1.165) is 19.6 Å². The van der Waals surface area contributed by atoms with Crippen molar-refractivity contribution in [1.29, 1.82) is 0 Å². The molecule has 0 atom stereocenters. The number of nitrogens with zero attached hydrogens (tertiary/aromatic N) is 1. The molecule has 0 saturated heterocycles. The second kappa shape index (κ2) is 5.30. The highest BCUT2D eigenvalue weighted by Gasteiger charge is 1.92. The van der Waals surface area contributed by atoms with Crippen molar-refractivity contribution in [1.82, 2.24) is 10.2 Å². The first-order valence-electron chi connectivity index (χ1n) is 4.17. The zero-order valence-electron chi connectivity index (χ0n) is 7.71. The standard InChI is InChI=1S/C9H16N2S/c1-11(2)6-5-10-8-9-4-3-7-12-9/h3-4,7,10H,5-6,8H2,1-2H3. The lowest BCUT2D eigenvalue weighted by atomic mass is 10.4. The van der Waals surface area contributed by atoms with Crippen molar-refractivity contribution in [2.45, 2.75) is 6.54 Å². The monoisotopic (exact) mass is 184 g/mol. The Morgan fingerprint density at radius 2 is 2.33 bits per heavy atom. The van der Waals surface area contributed by atoms with E-state index in [0.29, 0.717) is 0 Å². The molecule has 0 saturated carbocycles. The van der Waals surface area contributed by atoms with Crippen LogP contribution in [0.3, 0.4) is 0 Å². The summed E-state index contributed by atoms with van der Waals surface area (Å²) in [6.45, 7) is 3.17. The van der Waals surface area contributed by atoms with Crippen molar-refractivity contribution < 1.29 is 0 Å². The molecule has 12 heavy (non-hydrogen) atoms. The first kappa shape index (κ1) is 9.71. The Morgan fingerprint density at radius 1 is 1.50 bits per heavy atom. The highest BCUT2D eigenvalue weighted by atomic mass is 32.1. The van der Waals surface area contributed by atoms with Gasteiger partial charge in [0.15, 0.2) is 0 Å². The summed E-state index contributed by atoms with van der Waals surface area (Å²) in [5.74, 6) is 0. The minimum Gasteiger partial charge on any atom is -0.311 e. The highest BCUT2D eigenvalue weighted by Crippen LogP contribution is 2.06. The third-order valence-electron chi connectivity index (χ3n) is 1.62. The maximum atomic E-state index is 3.39. The Hall–Kier alpha value is -0.380. The van der Waals surface area contributed by atoms with Crippen LogP contribution in [0.5, 0.6) is 0 Å². The Balaban J connectivity index is 2.04. The highest BCUT2D eigenvalue weighted by molar-refractivity contribution is 7.09. The molecule has 0 aliphatic carbocycles. The zero-order valence-corrected chi connectivity index (χ0v) is 8.53. The molecular weight excluding hydrogens is 168 g/mol. The average molecular weight is 184 g/mol. The SMILES string of the molecule is CN(C)CCNCc1cccs1. The van der Waals surface area contributed by atoms with Crippen molar-refractivity contribution in [2.24, 2.45) is 0 Å². The van der Waals surface area contributed by atoms with Gasteiger partial charge in [-0.1, -0.05) is 6.07 Å². The van der Waals surface area contributed by atoms with E-state index in [4.69, 9.17) is 0 Å². The van der Waals surface area contributed by atoms with Crippen molar-refractivity contribution in [3.8, 4) is 0 Å². The second-order valence-corrected chi connectivity index (χ2v) is 4.09. The number of likely N-dealkylation sites (N-methyl/N-ethyl adjacent to an activating group) is 1. The van der Waals surface area contributed by atoms with Crippen LogP contribution >= 0.6 is 11.3 Å². The van der Waals surface area contributed by atoms with Crippen molar-refractivity contribution >= 4 is 11.3 Å². The Labute approximate surface area is 78.2 Å². The first-order valence-corrected chi connectivity index (χ1v) is 5.05. The lowest BCUT2D eigenvalue weighted by Crippen LogP contribution is -2.25. The van der Waals surface area contributed by atoms with Gasteiger partial charge in [-0.2, -0.15) is 0 Å². The van der Waals surface area contributed by atoms with Gasteiger partial charge < -0.3 is 10.2 Å². The van der Waals surface area contributed by atoms with Crippen LogP contribution in [-0.2, 0) is 6.54 Å². The molecule has 1 rings (SSSR count). The van der Waals surface area contributed by atoms with Crippen LogP contribution in [0.2, 0.25) is 0 Å². The van der Waals surface area contributed by atoms with Crippen LogP contribution in [0, 0.1) is 0 Å². The lowest BCUT2D eigenvalue weighted by Gasteiger charge is -2.09. The number of hydrogen-bond acceptors (Lipinski definition) is 3. The average Bonchev–Trinajstić information content (AvgIpc) is 2.49. The van der Waals surface area contributed by atoms with E-state index in [1.165, 1.54) is 4.88 Å². The molecule has 0 radical (unpaired) electrons. The first-order chi connectivity index (χ1) is 5.79.